The van der Waals surface area contributed by atoms with Crippen LogP contribution in [-0.4, -0.2) is 33.5 Å². The van der Waals surface area contributed by atoms with Gasteiger partial charge >= 0.3 is 0 Å². The highest BCUT2D eigenvalue weighted by molar-refractivity contribution is 6.36. The second-order valence-corrected chi connectivity index (χ2v) is 7.52. The van der Waals surface area contributed by atoms with Crippen LogP contribution in [0.15, 0.2) is 22.6 Å². The lowest BCUT2D eigenvalue weighted by Crippen LogP contribution is -2.34. The van der Waals surface area contributed by atoms with E-state index in [1.54, 1.807) is 0 Å². The zero-order chi connectivity index (χ0) is 19.8. The molecule has 146 valence electrons. The molecule has 0 saturated carbocycles. The van der Waals surface area contributed by atoms with Gasteiger partial charge in [0.2, 0.25) is 5.89 Å². The number of hydrogen-bond acceptors (Lipinski definition) is 7. The van der Waals surface area contributed by atoms with Gasteiger partial charge < -0.3 is 14.6 Å². The molecular weight excluding hydrogens is 406 g/mol. The topological polar surface area (TPSA) is 80.0 Å². The fourth-order valence-electron chi connectivity index (χ4n) is 2.92. The first-order valence-corrected chi connectivity index (χ1v) is 9.52. The molecule has 1 N–H and O–H groups in total. The van der Waals surface area contributed by atoms with E-state index in [0.717, 1.165) is 5.69 Å². The smallest absolute Gasteiger partial charge is 0.268 e. The van der Waals surface area contributed by atoms with E-state index in [9.17, 15) is 4.39 Å². The number of fused-ring (bicyclic) bond motifs is 1. The van der Waals surface area contributed by atoms with Crippen LogP contribution in [0.1, 0.15) is 31.2 Å². The summed E-state index contributed by atoms with van der Waals surface area (Å²) in [4.78, 5) is 2.01. The highest BCUT2D eigenvalue weighted by Crippen LogP contribution is 2.34. The Hall–Kier alpha value is -2.45. The lowest BCUT2D eigenvalue weighted by atomic mass is 10.1. The Kier molecular flexibility index (Phi) is 5.07. The Morgan fingerprint density at radius 2 is 2.04 bits per heavy atom. The highest BCUT2D eigenvalue weighted by atomic mass is 35.5. The van der Waals surface area contributed by atoms with E-state index >= 15 is 0 Å². The first-order chi connectivity index (χ1) is 13.4. The van der Waals surface area contributed by atoms with E-state index in [4.69, 9.17) is 27.6 Å². The van der Waals surface area contributed by atoms with Crippen LogP contribution in [0.2, 0.25) is 10.0 Å². The molecule has 0 spiro atoms. The highest BCUT2D eigenvalue weighted by Gasteiger charge is 2.24. The van der Waals surface area contributed by atoms with Crippen LogP contribution in [0.5, 0.6) is 0 Å². The van der Waals surface area contributed by atoms with Gasteiger partial charge in [0, 0.05) is 36.1 Å². The van der Waals surface area contributed by atoms with Crippen molar-refractivity contribution in [2.45, 2.75) is 26.3 Å². The maximum absolute atomic E-state index is 13.9. The lowest BCUT2D eigenvalue weighted by Gasteiger charge is -2.31. The SMILES string of the molecule is CC(C)c1nnc(-c2cc3c(nn2)NCCN3Cc2c(Cl)ccc(F)c2Cl)o1. The summed E-state index contributed by atoms with van der Waals surface area (Å²) in [6.45, 7) is 5.57. The van der Waals surface area contributed by atoms with Crippen LogP contribution in [-0.2, 0) is 6.54 Å². The molecule has 0 atom stereocenters. The first-order valence-electron chi connectivity index (χ1n) is 8.76. The van der Waals surface area contributed by atoms with E-state index in [-0.39, 0.29) is 10.9 Å². The van der Waals surface area contributed by atoms with Crippen LogP contribution in [0.3, 0.4) is 0 Å². The molecule has 0 unspecified atom stereocenters. The summed E-state index contributed by atoms with van der Waals surface area (Å²) in [6, 6.07) is 4.57. The lowest BCUT2D eigenvalue weighted by molar-refractivity contribution is 0.479. The standard InChI is InChI=1S/C18H17Cl2FN6O/c1-9(2)17-25-26-18(28-17)13-7-14-16(24-23-13)22-5-6-27(14)8-10-11(19)3-4-12(21)15(10)20/h3-4,7,9H,5-6,8H2,1-2H3,(H,22,24). The minimum absolute atomic E-state index is 0.0216. The Balaban J connectivity index is 1.69. The van der Waals surface area contributed by atoms with Crippen molar-refractivity contribution in [2.75, 3.05) is 23.3 Å². The molecule has 0 aliphatic carbocycles. The van der Waals surface area contributed by atoms with Crippen LogP contribution in [0, 0.1) is 5.82 Å². The van der Waals surface area contributed by atoms with Crippen LogP contribution >= 0.6 is 23.2 Å². The largest absolute Gasteiger partial charge is 0.419 e. The Morgan fingerprint density at radius 1 is 1.21 bits per heavy atom. The normalized spacial score (nSPS) is 13.6. The predicted octanol–water partition coefficient (Wildman–Crippen LogP) is 4.53. The minimum atomic E-state index is -0.503. The average Bonchev–Trinajstić information content (AvgIpc) is 3.18. The third-order valence-electron chi connectivity index (χ3n) is 4.43. The van der Waals surface area contributed by atoms with Crippen LogP contribution < -0.4 is 10.2 Å². The summed E-state index contributed by atoms with van der Waals surface area (Å²) in [7, 11) is 0. The fraction of sp³-hybridized carbons (Fsp3) is 0.333. The molecule has 1 aliphatic rings. The number of nitrogens with zero attached hydrogens (tertiary/aromatic N) is 5. The molecule has 3 heterocycles. The number of anilines is 2. The second kappa shape index (κ2) is 7.52. The number of rotatable bonds is 4. The molecule has 0 fully saturated rings. The van der Waals surface area contributed by atoms with Crippen molar-refractivity contribution in [3.63, 3.8) is 0 Å². The van der Waals surface area contributed by atoms with E-state index in [2.05, 4.69) is 25.7 Å². The molecule has 0 radical (unpaired) electrons. The molecule has 10 heteroatoms. The molecule has 4 rings (SSSR count). The summed E-state index contributed by atoms with van der Waals surface area (Å²) in [5, 5.41) is 20.1. The molecule has 1 aliphatic heterocycles. The van der Waals surface area contributed by atoms with Gasteiger partial charge in [-0.25, -0.2) is 4.39 Å². The van der Waals surface area contributed by atoms with Gasteiger partial charge in [0.15, 0.2) is 11.5 Å². The van der Waals surface area contributed by atoms with Crippen molar-refractivity contribution in [1.82, 2.24) is 20.4 Å². The molecule has 2 aromatic heterocycles. The van der Waals surface area contributed by atoms with Crippen molar-refractivity contribution < 1.29 is 8.81 Å². The van der Waals surface area contributed by atoms with Crippen LogP contribution in [0.4, 0.5) is 15.9 Å². The number of halogens is 3. The van der Waals surface area contributed by atoms with Crippen LogP contribution in [0.25, 0.3) is 11.6 Å². The maximum Gasteiger partial charge on any atom is 0.268 e. The van der Waals surface area contributed by atoms with Gasteiger partial charge in [-0.15, -0.1) is 20.4 Å². The van der Waals surface area contributed by atoms with Gasteiger partial charge in [-0.05, 0) is 18.2 Å². The van der Waals surface area contributed by atoms with Gasteiger partial charge in [0.25, 0.3) is 5.89 Å². The quantitative estimate of drug-likeness (QED) is 0.618. The summed E-state index contributed by atoms with van der Waals surface area (Å²) in [6.07, 6.45) is 0. The van der Waals surface area contributed by atoms with E-state index in [1.807, 2.05) is 24.8 Å². The summed E-state index contributed by atoms with van der Waals surface area (Å²) >= 11 is 12.4. The van der Waals surface area contributed by atoms with Gasteiger partial charge in [0.1, 0.15) is 5.82 Å². The molecule has 1 aromatic carbocycles. The average molecular weight is 423 g/mol. The molecule has 28 heavy (non-hydrogen) atoms. The zero-order valence-electron chi connectivity index (χ0n) is 15.2. The molecule has 0 amide bonds. The number of hydrogen-bond donors (Lipinski definition) is 1. The molecular formula is C18H17Cl2FN6O. The van der Waals surface area contributed by atoms with E-state index in [1.165, 1.54) is 12.1 Å². The van der Waals surface area contributed by atoms with E-state index in [0.29, 0.717) is 53.5 Å². The Bertz CT molecular complexity index is 1030. The van der Waals surface area contributed by atoms with Crippen molar-refractivity contribution in [3.05, 3.63) is 45.5 Å². The van der Waals surface area contributed by atoms with Gasteiger partial charge in [-0.2, -0.15) is 0 Å². The number of nitrogens with one attached hydrogen (secondary N) is 1. The summed E-state index contributed by atoms with van der Waals surface area (Å²) in [5.41, 5.74) is 1.76. The van der Waals surface area contributed by atoms with Crippen molar-refractivity contribution in [2.24, 2.45) is 0 Å². The number of aromatic nitrogens is 4. The minimum Gasteiger partial charge on any atom is -0.419 e. The first kappa shape index (κ1) is 18.9. The second-order valence-electron chi connectivity index (χ2n) is 6.73. The maximum atomic E-state index is 13.9. The molecule has 7 nitrogen and oxygen atoms in total. The third-order valence-corrected chi connectivity index (χ3v) is 5.19. The van der Waals surface area contributed by atoms with Gasteiger partial charge in [-0.3, -0.25) is 0 Å². The monoisotopic (exact) mass is 422 g/mol. The van der Waals surface area contributed by atoms with Crippen molar-refractivity contribution >= 4 is 34.7 Å². The Morgan fingerprint density at radius 3 is 2.79 bits per heavy atom. The van der Waals surface area contributed by atoms with Crippen molar-refractivity contribution in [1.29, 1.82) is 0 Å². The molecule has 0 saturated heterocycles. The zero-order valence-corrected chi connectivity index (χ0v) is 16.7. The van der Waals surface area contributed by atoms with E-state index < -0.39 is 5.82 Å². The predicted molar refractivity (Wildman–Crippen MR) is 105 cm³/mol. The fourth-order valence-corrected chi connectivity index (χ4v) is 3.41. The van der Waals surface area contributed by atoms with Crippen molar-refractivity contribution in [3.8, 4) is 11.6 Å². The summed E-state index contributed by atoms with van der Waals surface area (Å²) < 4.78 is 19.6. The number of benzene rings is 1. The van der Waals surface area contributed by atoms with Gasteiger partial charge in [0.05, 0.1) is 10.7 Å². The van der Waals surface area contributed by atoms with Gasteiger partial charge in [-0.1, -0.05) is 37.0 Å². The summed E-state index contributed by atoms with van der Waals surface area (Å²) in [5.74, 6) is 1.05. The molecule has 0 bridgehead atoms. The molecule has 3 aromatic rings. The Labute approximate surface area is 170 Å². The third kappa shape index (κ3) is 3.49.